The van der Waals surface area contributed by atoms with Gasteiger partial charge in [-0.05, 0) is 55.3 Å². The predicted molar refractivity (Wildman–Crippen MR) is 157 cm³/mol. The first-order valence-electron chi connectivity index (χ1n) is 13.3. The molecule has 1 N–H and O–H groups in total. The fourth-order valence-electron chi connectivity index (χ4n) is 4.99. The van der Waals surface area contributed by atoms with Crippen molar-refractivity contribution in [1.82, 2.24) is 24.1 Å². The highest BCUT2D eigenvalue weighted by molar-refractivity contribution is 7.89. The topological polar surface area (TPSA) is 125 Å². The zero-order valence-electron chi connectivity index (χ0n) is 22.1. The molecule has 0 radical (unpaired) electrons. The average Bonchev–Trinajstić information content (AvgIpc) is 3.44. The molecule has 0 saturated carbocycles. The number of H-pyrrole nitrogens is 1. The Bertz CT molecular complexity index is 1960. The van der Waals surface area contributed by atoms with E-state index >= 15 is 0 Å². The summed E-state index contributed by atoms with van der Waals surface area (Å²) in [5.74, 6) is 0.151. The van der Waals surface area contributed by atoms with Crippen LogP contribution in [0.5, 0.6) is 0 Å². The van der Waals surface area contributed by atoms with Gasteiger partial charge >= 0.3 is 0 Å². The number of nitriles is 1. The third kappa shape index (κ3) is 5.20. The van der Waals surface area contributed by atoms with E-state index in [0.29, 0.717) is 40.8 Å². The van der Waals surface area contributed by atoms with Gasteiger partial charge in [-0.3, -0.25) is 4.79 Å². The minimum Gasteiger partial charge on any atom is -0.305 e. The number of fused-ring (bicyclic) bond motifs is 1. The fourth-order valence-corrected chi connectivity index (χ4v) is 6.51. The Hall–Kier alpha value is -4.85. The molecule has 1 saturated heterocycles. The summed E-state index contributed by atoms with van der Waals surface area (Å²) in [6, 6.07) is 25.3. The molecule has 3 heterocycles. The van der Waals surface area contributed by atoms with Crippen LogP contribution in [0, 0.1) is 11.3 Å². The number of aromatic nitrogens is 4. The van der Waals surface area contributed by atoms with Crippen LogP contribution in [-0.2, 0) is 10.0 Å². The quantitative estimate of drug-likeness (QED) is 0.290. The second-order valence-corrected chi connectivity index (χ2v) is 11.7. The average molecular weight is 563 g/mol. The summed E-state index contributed by atoms with van der Waals surface area (Å²) < 4.78 is 29.6. The molecule has 6 rings (SSSR count). The van der Waals surface area contributed by atoms with Gasteiger partial charge in [0.15, 0.2) is 5.82 Å². The molecule has 0 unspecified atom stereocenters. The van der Waals surface area contributed by atoms with E-state index in [9.17, 15) is 18.5 Å². The summed E-state index contributed by atoms with van der Waals surface area (Å²) in [6.45, 7) is 1.06. The Morgan fingerprint density at radius 1 is 0.927 bits per heavy atom. The zero-order chi connectivity index (χ0) is 28.4. The van der Waals surface area contributed by atoms with Crippen LogP contribution < -0.4 is 5.56 Å². The number of hydrogen-bond donors (Lipinski definition) is 1. The van der Waals surface area contributed by atoms with Gasteiger partial charge in [-0.15, -0.1) is 0 Å². The molecule has 204 valence electrons. The van der Waals surface area contributed by atoms with Crippen LogP contribution in [0.2, 0.25) is 0 Å². The van der Waals surface area contributed by atoms with Crippen molar-refractivity contribution in [2.24, 2.45) is 0 Å². The van der Waals surface area contributed by atoms with Crippen molar-refractivity contribution in [3.8, 4) is 23.0 Å². The number of nitrogens with zero attached hydrogens (tertiary/aromatic N) is 5. The highest BCUT2D eigenvalue weighted by atomic mass is 32.2. The van der Waals surface area contributed by atoms with Gasteiger partial charge in [-0.2, -0.15) is 14.7 Å². The van der Waals surface area contributed by atoms with Crippen LogP contribution in [0.25, 0.3) is 39.5 Å². The molecule has 0 spiro atoms. The number of benzene rings is 3. The Balaban J connectivity index is 1.44. The summed E-state index contributed by atoms with van der Waals surface area (Å²) in [5.41, 5.74) is 2.95. The summed E-state index contributed by atoms with van der Waals surface area (Å²) in [4.78, 5) is 20.1. The third-order valence-corrected chi connectivity index (χ3v) is 9.04. The number of para-hydroxylation sites is 2. The lowest BCUT2D eigenvalue weighted by molar-refractivity contribution is 0.346. The van der Waals surface area contributed by atoms with Crippen molar-refractivity contribution in [3.05, 3.63) is 107 Å². The number of allylic oxidation sites excluding steroid dienone is 1. The van der Waals surface area contributed by atoms with Crippen molar-refractivity contribution in [1.29, 1.82) is 5.26 Å². The second kappa shape index (κ2) is 11.0. The van der Waals surface area contributed by atoms with Gasteiger partial charge in [0.05, 0.1) is 32.8 Å². The monoisotopic (exact) mass is 562 g/mol. The van der Waals surface area contributed by atoms with E-state index < -0.39 is 10.0 Å². The van der Waals surface area contributed by atoms with Crippen LogP contribution in [0.1, 0.15) is 30.7 Å². The normalized spacial score (nSPS) is 14.7. The van der Waals surface area contributed by atoms with Gasteiger partial charge in [0.2, 0.25) is 10.0 Å². The second-order valence-electron chi connectivity index (χ2n) is 9.80. The van der Waals surface area contributed by atoms with Crippen molar-refractivity contribution >= 4 is 32.6 Å². The fraction of sp³-hybridized carbons (Fsp3) is 0.161. The van der Waals surface area contributed by atoms with Gasteiger partial charge in [0, 0.05) is 30.4 Å². The standard InChI is InChI=1S/C31H26N6O3S/c32-20-23(30-33-28-12-6-5-11-27(28)31(38)34-30)19-24-21-37(25-9-3-1-4-10-25)35-29(24)22-13-15-26(16-14-22)41(39,40)36-17-7-2-8-18-36/h1,3-6,9-16,19,21H,2,7-8,17-18H2,(H,33,34,38)/b23-19-. The maximum absolute atomic E-state index is 13.2. The Labute approximate surface area is 237 Å². The van der Waals surface area contributed by atoms with E-state index in [0.717, 1.165) is 24.9 Å². The van der Waals surface area contributed by atoms with E-state index in [1.165, 1.54) is 0 Å². The van der Waals surface area contributed by atoms with Crippen LogP contribution in [0.4, 0.5) is 0 Å². The van der Waals surface area contributed by atoms with E-state index in [2.05, 4.69) is 16.0 Å². The largest absolute Gasteiger partial charge is 0.305 e. The Kier molecular flexibility index (Phi) is 7.05. The summed E-state index contributed by atoms with van der Waals surface area (Å²) in [5, 5.41) is 15.3. The number of nitrogens with one attached hydrogen (secondary N) is 1. The third-order valence-electron chi connectivity index (χ3n) is 7.13. The molecule has 0 aliphatic carbocycles. The first-order valence-corrected chi connectivity index (χ1v) is 14.7. The zero-order valence-corrected chi connectivity index (χ0v) is 22.9. The van der Waals surface area contributed by atoms with Crippen LogP contribution >= 0.6 is 0 Å². The smallest absolute Gasteiger partial charge is 0.259 e. The highest BCUT2D eigenvalue weighted by Crippen LogP contribution is 2.29. The summed E-state index contributed by atoms with van der Waals surface area (Å²) >= 11 is 0. The lowest BCUT2D eigenvalue weighted by Gasteiger charge is -2.25. The number of hydrogen-bond acceptors (Lipinski definition) is 6. The maximum Gasteiger partial charge on any atom is 0.259 e. The van der Waals surface area contributed by atoms with Crippen molar-refractivity contribution in [3.63, 3.8) is 0 Å². The lowest BCUT2D eigenvalue weighted by Crippen LogP contribution is -2.35. The molecule has 5 aromatic rings. The van der Waals surface area contributed by atoms with E-state index in [1.54, 1.807) is 69.8 Å². The first kappa shape index (κ1) is 26.4. The molecule has 2 aromatic heterocycles. The molecule has 10 heteroatoms. The summed E-state index contributed by atoms with van der Waals surface area (Å²) in [6.07, 6.45) is 6.19. The molecular weight excluding hydrogens is 536 g/mol. The van der Waals surface area contributed by atoms with E-state index in [-0.39, 0.29) is 21.9 Å². The van der Waals surface area contributed by atoms with Crippen molar-refractivity contribution < 1.29 is 8.42 Å². The molecule has 41 heavy (non-hydrogen) atoms. The molecule has 0 bridgehead atoms. The van der Waals surface area contributed by atoms with Gasteiger partial charge in [-0.25, -0.2) is 18.1 Å². The number of sulfonamides is 1. The van der Waals surface area contributed by atoms with Gasteiger partial charge < -0.3 is 4.98 Å². The van der Waals surface area contributed by atoms with Crippen LogP contribution in [0.15, 0.2) is 94.7 Å². The van der Waals surface area contributed by atoms with Crippen molar-refractivity contribution in [2.45, 2.75) is 24.2 Å². The molecule has 3 aromatic carbocycles. The molecular formula is C31H26N6O3S. The molecule has 0 atom stereocenters. The van der Waals surface area contributed by atoms with Crippen molar-refractivity contribution in [2.75, 3.05) is 13.1 Å². The Morgan fingerprint density at radius 2 is 1.63 bits per heavy atom. The Morgan fingerprint density at radius 3 is 2.37 bits per heavy atom. The molecule has 0 amide bonds. The molecule has 1 fully saturated rings. The first-order chi connectivity index (χ1) is 19.9. The van der Waals surface area contributed by atoms with Gasteiger partial charge in [0.25, 0.3) is 5.56 Å². The predicted octanol–water partition coefficient (Wildman–Crippen LogP) is 5.01. The van der Waals surface area contributed by atoms with Gasteiger partial charge in [0.1, 0.15) is 6.07 Å². The van der Waals surface area contributed by atoms with E-state index in [4.69, 9.17) is 5.10 Å². The molecule has 1 aliphatic heterocycles. The SMILES string of the molecule is N#C/C(=C/c1cn(-c2ccccc2)nc1-c1ccc(S(=O)(=O)N2CCCCC2)cc1)c1nc2ccccc2c(=O)[nH]1. The molecule has 1 aliphatic rings. The highest BCUT2D eigenvalue weighted by Gasteiger charge is 2.26. The summed E-state index contributed by atoms with van der Waals surface area (Å²) in [7, 11) is -3.58. The lowest BCUT2D eigenvalue weighted by atomic mass is 10.1. The van der Waals surface area contributed by atoms with E-state index in [1.807, 2.05) is 30.3 Å². The molecule has 9 nitrogen and oxygen atoms in total. The minimum atomic E-state index is -3.58. The van der Waals surface area contributed by atoms with Crippen LogP contribution in [0.3, 0.4) is 0 Å². The number of aromatic amines is 1. The number of piperidine rings is 1. The van der Waals surface area contributed by atoms with Crippen LogP contribution in [-0.4, -0.2) is 45.6 Å². The number of rotatable bonds is 6. The van der Waals surface area contributed by atoms with Gasteiger partial charge in [-0.1, -0.05) is 48.9 Å². The maximum atomic E-state index is 13.2. The minimum absolute atomic E-state index is 0.151.